The standard InChI is InChI=1S/C43H29N3S/c1-3-11-41-27(2)33-20-21-37-36-16-6-9-19-40(36)46(42(37)43(33)47-41)32-24-30(29-13-10-12-28(22-29)26-44)23-31(25-32)45-38-17-7-4-14-34(38)35-15-5-8-18-39(35)45/h3-25H,1-2H3/b11-3-. The largest absolute Gasteiger partial charge is 0.309 e. The molecule has 0 amide bonds. The second kappa shape index (κ2) is 10.6. The molecule has 4 heteroatoms. The van der Waals surface area contributed by atoms with Crippen molar-refractivity contribution in [1.29, 1.82) is 5.26 Å². The smallest absolute Gasteiger partial charge is 0.0991 e. The van der Waals surface area contributed by atoms with Crippen molar-refractivity contribution in [2.24, 2.45) is 0 Å². The van der Waals surface area contributed by atoms with Crippen LogP contribution in [0.15, 0.2) is 133 Å². The predicted octanol–water partition coefficient (Wildman–Crippen LogP) is 12.0. The lowest BCUT2D eigenvalue weighted by atomic mass is 10.0. The zero-order chi connectivity index (χ0) is 31.6. The lowest BCUT2D eigenvalue weighted by molar-refractivity contribution is 1.14. The summed E-state index contributed by atoms with van der Waals surface area (Å²) in [6, 6.07) is 47.8. The van der Waals surface area contributed by atoms with Gasteiger partial charge in [-0.1, -0.05) is 84.9 Å². The van der Waals surface area contributed by atoms with Crippen molar-refractivity contribution in [1.82, 2.24) is 9.13 Å². The van der Waals surface area contributed by atoms with E-state index in [-0.39, 0.29) is 0 Å². The summed E-state index contributed by atoms with van der Waals surface area (Å²) in [5.41, 5.74) is 10.9. The van der Waals surface area contributed by atoms with Gasteiger partial charge in [0.1, 0.15) is 0 Å². The fourth-order valence-electron chi connectivity index (χ4n) is 7.31. The normalized spacial score (nSPS) is 11.9. The SMILES string of the molecule is C/C=C\c1sc2c(ccc3c4ccccc4n(-c4cc(-c5cccc(C#N)c5)cc(-n5c6ccccc6c6ccccc65)c4)c32)c1C. The number of hydrogen-bond donors (Lipinski definition) is 0. The summed E-state index contributed by atoms with van der Waals surface area (Å²) < 4.78 is 6.13. The van der Waals surface area contributed by atoms with Gasteiger partial charge in [0.05, 0.1) is 38.4 Å². The van der Waals surface area contributed by atoms with Crippen LogP contribution in [-0.4, -0.2) is 9.13 Å². The Morgan fingerprint density at radius 2 is 1.19 bits per heavy atom. The number of nitrogens with zero attached hydrogens (tertiary/aromatic N) is 3. The first-order valence-corrected chi connectivity index (χ1v) is 16.7. The molecular weight excluding hydrogens is 591 g/mol. The molecule has 3 nitrogen and oxygen atoms in total. The Hall–Kier alpha value is -5.89. The molecule has 0 aliphatic rings. The van der Waals surface area contributed by atoms with Crippen LogP contribution in [0.1, 0.15) is 22.9 Å². The lowest BCUT2D eigenvalue weighted by Gasteiger charge is -2.16. The number of para-hydroxylation sites is 3. The Morgan fingerprint density at radius 3 is 1.85 bits per heavy atom. The van der Waals surface area contributed by atoms with Crippen LogP contribution in [0.5, 0.6) is 0 Å². The van der Waals surface area contributed by atoms with E-state index < -0.39 is 0 Å². The van der Waals surface area contributed by atoms with Crippen LogP contribution in [0.4, 0.5) is 0 Å². The number of hydrogen-bond acceptors (Lipinski definition) is 2. The molecule has 3 aromatic heterocycles. The van der Waals surface area contributed by atoms with Gasteiger partial charge in [-0.25, -0.2) is 0 Å². The summed E-state index contributed by atoms with van der Waals surface area (Å²) in [5.74, 6) is 0. The molecule has 9 rings (SSSR count). The third kappa shape index (κ3) is 4.11. The molecule has 0 bridgehead atoms. The van der Waals surface area contributed by atoms with E-state index in [0.717, 1.165) is 33.5 Å². The van der Waals surface area contributed by atoms with Crippen molar-refractivity contribution in [2.45, 2.75) is 13.8 Å². The summed E-state index contributed by atoms with van der Waals surface area (Å²) in [6.07, 6.45) is 4.35. The Balaban J connectivity index is 1.44. The van der Waals surface area contributed by atoms with E-state index >= 15 is 0 Å². The highest BCUT2D eigenvalue weighted by atomic mass is 32.1. The molecule has 0 unspecified atom stereocenters. The quantitative estimate of drug-likeness (QED) is 0.193. The maximum absolute atomic E-state index is 9.79. The first-order chi connectivity index (χ1) is 23.1. The van der Waals surface area contributed by atoms with Gasteiger partial charge in [-0.3, -0.25) is 0 Å². The van der Waals surface area contributed by atoms with Crippen molar-refractivity contribution in [3.05, 3.63) is 149 Å². The number of nitriles is 1. The molecule has 222 valence electrons. The molecule has 0 spiro atoms. The molecule has 3 heterocycles. The molecule has 0 saturated carbocycles. The molecule has 0 aliphatic carbocycles. The number of allylic oxidation sites excluding steroid dienone is 1. The highest BCUT2D eigenvalue weighted by Gasteiger charge is 2.20. The fraction of sp³-hybridized carbons (Fsp3) is 0.0465. The second-order valence-electron chi connectivity index (χ2n) is 12.1. The molecule has 0 saturated heterocycles. The summed E-state index contributed by atoms with van der Waals surface area (Å²) in [6.45, 7) is 4.32. The van der Waals surface area contributed by atoms with E-state index in [1.807, 2.05) is 29.5 Å². The lowest BCUT2D eigenvalue weighted by Crippen LogP contribution is -2.00. The number of fused-ring (bicyclic) bond motifs is 8. The third-order valence-corrected chi connectivity index (χ3v) is 10.7. The van der Waals surface area contributed by atoms with E-state index in [1.54, 1.807) is 0 Å². The van der Waals surface area contributed by atoms with Crippen LogP contribution >= 0.6 is 11.3 Å². The van der Waals surface area contributed by atoms with Crippen molar-refractivity contribution >= 4 is 71.1 Å². The molecular formula is C43H29N3S. The van der Waals surface area contributed by atoms with Gasteiger partial charge in [0.2, 0.25) is 0 Å². The van der Waals surface area contributed by atoms with Crippen LogP contribution in [0, 0.1) is 18.3 Å². The van der Waals surface area contributed by atoms with Crippen LogP contribution < -0.4 is 0 Å². The van der Waals surface area contributed by atoms with E-state index in [0.29, 0.717) is 5.56 Å². The molecule has 0 aliphatic heterocycles. The Labute approximate surface area is 276 Å². The van der Waals surface area contributed by atoms with Crippen LogP contribution in [0.3, 0.4) is 0 Å². The third-order valence-electron chi connectivity index (χ3n) is 9.42. The number of rotatable bonds is 4. The van der Waals surface area contributed by atoms with Crippen LogP contribution in [-0.2, 0) is 0 Å². The second-order valence-corrected chi connectivity index (χ2v) is 13.1. The molecule has 9 aromatic rings. The fourth-order valence-corrected chi connectivity index (χ4v) is 8.63. The molecule has 47 heavy (non-hydrogen) atoms. The first-order valence-electron chi connectivity index (χ1n) is 15.9. The molecule has 0 fully saturated rings. The molecule has 0 atom stereocenters. The average molecular weight is 620 g/mol. The number of benzene rings is 6. The van der Waals surface area contributed by atoms with E-state index in [1.165, 1.54) is 53.1 Å². The van der Waals surface area contributed by atoms with E-state index in [9.17, 15) is 5.26 Å². The molecule has 0 N–H and O–H groups in total. The highest BCUT2D eigenvalue weighted by molar-refractivity contribution is 7.21. The first kappa shape index (κ1) is 27.4. The topological polar surface area (TPSA) is 33.6 Å². The molecule has 0 radical (unpaired) electrons. The zero-order valence-corrected chi connectivity index (χ0v) is 26.8. The van der Waals surface area contributed by atoms with E-state index in [2.05, 4.69) is 150 Å². The Bertz CT molecular complexity index is 2730. The Morgan fingerprint density at radius 1 is 0.596 bits per heavy atom. The average Bonchev–Trinajstić information content (AvgIpc) is 3.75. The number of aromatic nitrogens is 2. The minimum absolute atomic E-state index is 0.649. The maximum Gasteiger partial charge on any atom is 0.0991 e. The number of thiophene rings is 1. The maximum atomic E-state index is 9.79. The predicted molar refractivity (Wildman–Crippen MR) is 200 cm³/mol. The summed E-state index contributed by atoms with van der Waals surface area (Å²) in [4.78, 5) is 1.29. The minimum Gasteiger partial charge on any atom is -0.309 e. The Kier molecular flexibility index (Phi) is 6.18. The van der Waals surface area contributed by atoms with Gasteiger partial charge in [0, 0.05) is 37.8 Å². The van der Waals surface area contributed by atoms with Gasteiger partial charge in [-0.2, -0.15) is 5.26 Å². The van der Waals surface area contributed by atoms with Crippen LogP contribution in [0.25, 0.3) is 82.3 Å². The number of aryl methyl sites for hydroxylation is 1. The molecule has 6 aromatic carbocycles. The summed E-state index contributed by atoms with van der Waals surface area (Å²) in [5, 5.41) is 16.0. The summed E-state index contributed by atoms with van der Waals surface area (Å²) >= 11 is 1.86. The zero-order valence-electron chi connectivity index (χ0n) is 26.0. The van der Waals surface area contributed by atoms with Gasteiger partial charge < -0.3 is 9.13 Å². The monoisotopic (exact) mass is 619 g/mol. The van der Waals surface area contributed by atoms with Crippen molar-refractivity contribution in [3.8, 4) is 28.6 Å². The van der Waals surface area contributed by atoms with Crippen molar-refractivity contribution in [2.75, 3.05) is 0 Å². The van der Waals surface area contributed by atoms with Gasteiger partial charge in [-0.15, -0.1) is 11.3 Å². The van der Waals surface area contributed by atoms with Gasteiger partial charge in [0.25, 0.3) is 0 Å². The summed E-state index contributed by atoms with van der Waals surface area (Å²) in [7, 11) is 0. The van der Waals surface area contributed by atoms with Crippen LogP contribution in [0.2, 0.25) is 0 Å². The van der Waals surface area contributed by atoms with E-state index in [4.69, 9.17) is 0 Å². The van der Waals surface area contributed by atoms with Crippen molar-refractivity contribution in [3.63, 3.8) is 0 Å². The van der Waals surface area contributed by atoms with Crippen molar-refractivity contribution < 1.29 is 0 Å². The van der Waals surface area contributed by atoms with Gasteiger partial charge in [0.15, 0.2) is 0 Å². The van der Waals surface area contributed by atoms with Gasteiger partial charge >= 0.3 is 0 Å². The minimum atomic E-state index is 0.649. The van der Waals surface area contributed by atoms with Gasteiger partial charge in [-0.05, 0) is 90.5 Å². The highest BCUT2D eigenvalue weighted by Crippen LogP contribution is 2.43.